The predicted molar refractivity (Wildman–Crippen MR) is 111 cm³/mol. The van der Waals surface area contributed by atoms with Gasteiger partial charge in [-0.05, 0) is 35.4 Å². The van der Waals surface area contributed by atoms with E-state index in [1.165, 1.54) is 4.41 Å². The molecule has 1 heterocycles. The molecule has 0 amide bonds. The zero-order valence-corrected chi connectivity index (χ0v) is 17.6. The van der Waals surface area contributed by atoms with Crippen molar-refractivity contribution in [2.75, 3.05) is 13.6 Å². The summed E-state index contributed by atoms with van der Waals surface area (Å²) in [5.41, 5.74) is 1.69. The highest BCUT2D eigenvalue weighted by Crippen LogP contribution is 2.45. The molecule has 0 aromatic heterocycles. The SMILES string of the molecule is CN1CC(c2ccccc2)C(c2ccc(Cl)cc2)N1S(=O)(=O)c1ccc(F)cc1F. The molecule has 1 saturated heterocycles. The van der Waals surface area contributed by atoms with Crippen molar-refractivity contribution in [3.63, 3.8) is 0 Å². The molecule has 3 aromatic rings. The first kappa shape index (κ1) is 20.9. The highest BCUT2D eigenvalue weighted by molar-refractivity contribution is 7.89. The Bertz CT molecular complexity index is 1160. The van der Waals surface area contributed by atoms with Crippen molar-refractivity contribution in [1.82, 2.24) is 9.42 Å². The van der Waals surface area contributed by atoms with Crippen LogP contribution in [0.15, 0.2) is 77.7 Å². The van der Waals surface area contributed by atoms with Crippen molar-refractivity contribution < 1.29 is 17.2 Å². The number of benzene rings is 3. The van der Waals surface area contributed by atoms with Crippen molar-refractivity contribution >= 4 is 21.6 Å². The highest BCUT2D eigenvalue weighted by Gasteiger charge is 2.47. The molecular formula is C22H19ClF2N2O2S. The van der Waals surface area contributed by atoms with E-state index in [9.17, 15) is 17.2 Å². The standard InChI is InChI=1S/C22H19ClF2N2O2S/c1-26-14-19(15-5-3-2-4-6-15)22(16-7-9-17(23)10-8-16)27(26)30(28,29)21-12-11-18(24)13-20(21)25/h2-13,19,22H,14H2,1H3. The van der Waals surface area contributed by atoms with E-state index in [1.807, 2.05) is 30.3 Å². The van der Waals surface area contributed by atoms with Gasteiger partial charge in [0.2, 0.25) is 0 Å². The number of halogens is 3. The van der Waals surface area contributed by atoms with E-state index in [4.69, 9.17) is 11.6 Å². The van der Waals surface area contributed by atoms with Crippen LogP contribution in [0.3, 0.4) is 0 Å². The van der Waals surface area contributed by atoms with Crippen LogP contribution >= 0.6 is 11.6 Å². The molecule has 2 atom stereocenters. The van der Waals surface area contributed by atoms with Gasteiger partial charge in [-0.25, -0.2) is 22.2 Å². The topological polar surface area (TPSA) is 40.6 Å². The number of rotatable bonds is 4. The van der Waals surface area contributed by atoms with Crippen LogP contribution in [0, 0.1) is 11.6 Å². The molecule has 2 unspecified atom stereocenters. The normalized spacial score (nSPS) is 20.5. The number of hydrogen-bond donors (Lipinski definition) is 0. The molecule has 156 valence electrons. The minimum atomic E-state index is -4.30. The number of likely N-dealkylation sites (N-methyl/N-ethyl adjacent to an activating group) is 1. The summed E-state index contributed by atoms with van der Waals surface area (Å²) >= 11 is 6.03. The monoisotopic (exact) mass is 448 g/mol. The summed E-state index contributed by atoms with van der Waals surface area (Å²) in [5, 5.41) is 2.09. The van der Waals surface area contributed by atoms with Crippen molar-refractivity contribution in [2.45, 2.75) is 16.9 Å². The summed E-state index contributed by atoms with van der Waals surface area (Å²) in [6, 6.07) is 18.3. The Morgan fingerprint density at radius 1 is 0.933 bits per heavy atom. The number of nitrogens with zero attached hydrogens (tertiary/aromatic N) is 2. The van der Waals surface area contributed by atoms with Crippen molar-refractivity contribution in [3.8, 4) is 0 Å². The van der Waals surface area contributed by atoms with Crippen molar-refractivity contribution in [3.05, 3.63) is 101 Å². The second kappa shape index (κ2) is 8.07. The molecular weight excluding hydrogens is 430 g/mol. The summed E-state index contributed by atoms with van der Waals surface area (Å²) in [6.07, 6.45) is 0. The molecule has 3 aromatic carbocycles. The van der Waals surface area contributed by atoms with Gasteiger partial charge in [0, 0.05) is 30.6 Å². The molecule has 4 nitrogen and oxygen atoms in total. The predicted octanol–water partition coefficient (Wildman–Crippen LogP) is 4.99. The average molecular weight is 449 g/mol. The minimum absolute atomic E-state index is 0.198. The molecule has 0 N–H and O–H groups in total. The lowest BCUT2D eigenvalue weighted by atomic mass is 9.89. The van der Waals surface area contributed by atoms with E-state index in [1.54, 1.807) is 36.3 Å². The first-order valence-corrected chi connectivity index (χ1v) is 11.1. The second-order valence-corrected chi connectivity index (χ2v) is 9.41. The Kier molecular flexibility index (Phi) is 5.63. The molecule has 1 fully saturated rings. The smallest absolute Gasteiger partial charge is 0.230 e. The van der Waals surface area contributed by atoms with Gasteiger partial charge >= 0.3 is 0 Å². The van der Waals surface area contributed by atoms with E-state index in [0.717, 1.165) is 23.3 Å². The third-order valence-electron chi connectivity index (χ3n) is 5.27. The fourth-order valence-corrected chi connectivity index (χ4v) is 5.83. The zero-order valence-electron chi connectivity index (χ0n) is 16.0. The Morgan fingerprint density at radius 3 is 2.23 bits per heavy atom. The second-order valence-electron chi connectivity index (χ2n) is 7.21. The van der Waals surface area contributed by atoms with E-state index < -0.39 is 32.6 Å². The van der Waals surface area contributed by atoms with Gasteiger partial charge in [0.1, 0.15) is 16.5 Å². The van der Waals surface area contributed by atoms with Crippen LogP contribution in [0.5, 0.6) is 0 Å². The Labute approximate surface area is 179 Å². The van der Waals surface area contributed by atoms with Gasteiger partial charge in [0.05, 0.1) is 6.04 Å². The average Bonchev–Trinajstić information content (AvgIpc) is 3.07. The maximum atomic E-state index is 14.4. The number of hydrazine groups is 1. The molecule has 0 radical (unpaired) electrons. The molecule has 1 aliphatic heterocycles. The van der Waals surface area contributed by atoms with Gasteiger partial charge in [0.15, 0.2) is 0 Å². The maximum absolute atomic E-state index is 14.4. The molecule has 1 aliphatic rings. The van der Waals surface area contributed by atoms with E-state index in [0.29, 0.717) is 17.6 Å². The quantitative estimate of drug-likeness (QED) is 0.564. The van der Waals surface area contributed by atoms with Gasteiger partial charge < -0.3 is 0 Å². The van der Waals surface area contributed by atoms with Gasteiger partial charge in [-0.2, -0.15) is 0 Å². The van der Waals surface area contributed by atoms with Crippen LogP contribution in [0.1, 0.15) is 23.1 Å². The van der Waals surface area contributed by atoms with Gasteiger partial charge in [-0.1, -0.05) is 54.1 Å². The van der Waals surface area contributed by atoms with Gasteiger partial charge in [-0.15, -0.1) is 4.41 Å². The summed E-state index contributed by atoms with van der Waals surface area (Å²) in [4.78, 5) is -0.566. The first-order valence-electron chi connectivity index (χ1n) is 9.30. The molecule has 0 saturated carbocycles. The lowest BCUT2D eigenvalue weighted by Gasteiger charge is -2.30. The highest BCUT2D eigenvalue weighted by atomic mass is 35.5. The molecule has 0 spiro atoms. The van der Waals surface area contributed by atoms with E-state index >= 15 is 0 Å². The molecule has 30 heavy (non-hydrogen) atoms. The van der Waals surface area contributed by atoms with Crippen molar-refractivity contribution in [2.24, 2.45) is 0 Å². The molecule has 0 bridgehead atoms. The van der Waals surface area contributed by atoms with Gasteiger partial charge in [0.25, 0.3) is 10.0 Å². The fourth-order valence-electron chi connectivity index (χ4n) is 3.96. The first-order chi connectivity index (χ1) is 14.3. The lowest BCUT2D eigenvalue weighted by Crippen LogP contribution is -2.40. The Balaban J connectivity index is 1.87. The van der Waals surface area contributed by atoms with E-state index in [-0.39, 0.29) is 5.92 Å². The number of sulfonamides is 1. The maximum Gasteiger partial charge on any atom is 0.259 e. The summed E-state index contributed by atoms with van der Waals surface area (Å²) in [5.74, 6) is -2.16. The van der Waals surface area contributed by atoms with Crippen LogP contribution in [0.25, 0.3) is 0 Å². The van der Waals surface area contributed by atoms with Crippen molar-refractivity contribution in [1.29, 1.82) is 0 Å². The van der Waals surface area contributed by atoms with E-state index in [2.05, 4.69) is 0 Å². The molecule has 4 rings (SSSR count). The van der Waals surface area contributed by atoms with Crippen LogP contribution < -0.4 is 0 Å². The molecule has 0 aliphatic carbocycles. The Hall–Kier alpha value is -2.32. The van der Waals surface area contributed by atoms with Crippen LogP contribution in [-0.2, 0) is 10.0 Å². The van der Waals surface area contributed by atoms with Crippen LogP contribution in [0.4, 0.5) is 8.78 Å². The third kappa shape index (κ3) is 3.74. The lowest BCUT2D eigenvalue weighted by molar-refractivity contribution is 0.124. The summed E-state index contributed by atoms with van der Waals surface area (Å²) in [6.45, 7) is 0.402. The van der Waals surface area contributed by atoms with Gasteiger partial charge in [-0.3, -0.25) is 0 Å². The number of hydrogen-bond acceptors (Lipinski definition) is 3. The summed E-state index contributed by atoms with van der Waals surface area (Å²) in [7, 11) is -2.66. The van der Waals surface area contributed by atoms with Crippen LogP contribution in [0.2, 0.25) is 5.02 Å². The van der Waals surface area contributed by atoms with Crippen LogP contribution in [-0.4, -0.2) is 31.4 Å². The zero-order chi connectivity index (χ0) is 21.5. The fraction of sp³-hybridized carbons (Fsp3) is 0.182. The summed E-state index contributed by atoms with van der Waals surface area (Å²) < 4.78 is 56.0. The Morgan fingerprint density at radius 2 is 1.60 bits per heavy atom. The molecule has 8 heteroatoms. The largest absolute Gasteiger partial charge is 0.259 e. The third-order valence-corrected chi connectivity index (χ3v) is 7.41. The minimum Gasteiger partial charge on any atom is -0.230 e.